The third-order valence-electron chi connectivity index (χ3n) is 3.86. The van der Waals surface area contributed by atoms with Crippen LogP contribution in [0.2, 0.25) is 0 Å². The smallest absolute Gasteiger partial charge is 0.0818 e. The lowest BCUT2D eigenvalue weighted by Crippen LogP contribution is -2.54. The predicted molar refractivity (Wildman–Crippen MR) is 82.7 cm³/mol. The van der Waals surface area contributed by atoms with E-state index in [1.807, 2.05) is 10.9 Å². The van der Waals surface area contributed by atoms with Gasteiger partial charge in [0.25, 0.3) is 0 Å². The monoisotopic (exact) mass is 331 g/mol. The van der Waals surface area contributed by atoms with Crippen LogP contribution in [-0.2, 0) is 6.54 Å². The molecule has 0 aliphatic carbocycles. The van der Waals surface area contributed by atoms with Gasteiger partial charge in [-0.2, -0.15) is 5.10 Å². The van der Waals surface area contributed by atoms with E-state index >= 15 is 0 Å². The first-order valence-corrected chi connectivity index (χ1v) is 7.65. The van der Waals surface area contributed by atoms with Crippen molar-refractivity contribution in [2.45, 2.75) is 52.7 Å². The number of hydrogen-bond acceptors (Lipinski definition) is 4. The minimum Gasteiger partial charge on any atom is -0.297 e. The molecule has 0 aliphatic rings. The molecular formula is C13H26BrN5. The summed E-state index contributed by atoms with van der Waals surface area (Å²) in [6.07, 6.45) is 1.83. The van der Waals surface area contributed by atoms with Gasteiger partial charge >= 0.3 is 0 Å². The lowest BCUT2D eigenvalue weighted by atomic mass is 9.90. The number of nitrogens with zero attached hydrogens (tertiary/aromatic N) is 3. The Morgan fingerprint density at radius 3 is 2.42 bits per heavy atom. The van der Waals surface area contributed by atoms with Crippen LogP contribution in [0.5, 0.6) is 0 Å². The van der Waals surface area contributed by atoms with Crippen LogP contribution in [0.15, 0.2) is 10.7 Å². The third kappa shape index (κ3) is 3.18. The van der Waals surface area contributed by atoms with Crippen LogP contribution in [0.25, 0.3) is 0 Å². The summed E-state index contributed by atoms with van der Waals surface area (Å²) >= 11 is 3.59. The van der Waals surface area contributed by atoms with Gasteiger partial charge in [0.2, 0.25) is 0 Å². The predicted octanol–water partition coefficient (Wildman–Crippen LogP) is 2.29. The first kappa shape index (κ1) is 16.6. The summed E-state index contributed by atoms with van der Waals surface area (Å²) in [7, 11) is 0. The Bertz CT molecular complexity index is 398. The summed E-state index contributed by atoms with van der Waals surface area (Å²) in [6, 6.07) is 0.00391. The van der Waals surface area contributed by atoms with Crippen molar-refractivity contribution in [3.05, 3.63) is 16.4 Å². The van der Waals surface area contributed by atoms with Crippen molar-refractivity contribution < 1.29 is 0 Å². The van der Waals surface area contributed by atoms with Gasteiger partial charge in [-0.1, -0.05) is 13.8 Å². The van der Waals surface area contributed by atoms with Gasteiger partial charge in [0.1, 0.15) is 0 Å². The number of halogens is 1. The van der Waals surface area contributed by atoms with Crippen molar-refractivity contribution in [1.29, 1.82) is 0 Å². The average molecular weight is 332 g/mol. The first-order valence-electron chi connectivity index (χ1n) is 6.86. The molecule has 5 nitrogen and oxygen atoms in total. The Labute approximate surface area is 124 Å². The van der Waals surface area contributed by atoms with Gasteiger partial charge in [-0.05, 0) is 49.8 Å². The van der Waals surface area contributed by atoms with Crippen LogP contribution in [0.1, 0.15) is 46.4 Å². The van der Waals surface area contributed by atoms with Crippen molar-refractivity contribution in [2.75, 3.05) is 13.1 Å². The van der Waals surface area contributed by atoms with Crippen molar-refractivity contribution in [1.82, 2.24) is 20.1 Å². The maximum Gasteiger partial charge on any atom is 0.0818 e. The van der Waals surface area contributed by atoms with Crippen LogP contribution < -0.4 is 11.3 Å². The van der Waals surface area contributed by atoms with Crippen molar-refractivity contribution in [3.8, 4) is 0 Å². The molecule has 110 valence electrons. The normalized spacial score (nSPS) is 14.1. The molecule has 0 radical (unpaired) electrons. The minimum absolute atomic E-state index is 0.00391. The summed E-state index contributed by atoms with van der Waals surface area (Å²) < 4.78 is 2.98. The summed E-state index contributed by atoms with van der Waals surface area (Å²) in [5.41, 5.74) is 3.97. The van der Waals surface area contributed by atoms with E-state index in [9.17, 15) is 0 Å². The van der Waals surface area contributed by atoms with E-state index in [1.54, 1.807) is 0 Å². The van der Waals surface area contributed by atoms with Gasteiger partial charge in [0.05, 0.1) is 22.4 Å². The molecule has 1 aromatic rings. The average Bonchev–Trinajstić information content (AvgIpc) is 2.73. The summed E-state index contributed by atoms with van der Waals surface area (Å²) in [4.78, 5) is 2.40. The lowest BCUT2D eigenvalue weighted by Gasteiger charge is -2.43. The zero-order chi connectivity index (χ0) is 14.6. The largest absolute Gasteiger partial charge is 0.297 e. The van der Waals surface area contributed by atoms with Crippen LogP contribution in [0, 0.1) is 0 Å². The summed E-state index contributed by atoms with van der Waals surface area (Å²) in [5.74, 6) is 5.85. The molecule has 6 heteroatoms. The molecule has 0 spiro atoms. The van der Waals surface area contributed by atoms with Gasteiger partial charge in [0.15, 0.2) is 0 Å². The number of rotatable bonds is 7. The molecule has 1 rings (SSSR count). The Hall–Kier alpha value is -0.430. The molecule has 0 saturated carbocycles. The van der Waals surface area contributed by atoms with Gasteiger partial charge < -0.3 is 0 Å². The number of nitrogens with two attached hydrogens (primary N) is 1. The minimum atomic E-state index is -0.103. The van der Waals surface area contributed by atoms with E-state index in [0.29, 0.717) is 0 Å². The number of hydrogen-bond donors (Lipinski definition) is 2. The Balaban J connectivity index is 3.22. The molecule has 0 bridgehead atoms. The molecule has 1 heterocycles. The molecule has 0 saturated heterocycles. The third-order valence-corrected chi connectivity index (χ3v) is 4.47. The molecule has 1 aromatic heterocycles. The first-order chi connectivity index (χ1) is 8.93. The number of aromatic nitrogens is 2. The maximum absolute atomic E-state index is 5.85. The topological polar surface area (TPSA) is 59.1 Å². The number of likely N-dealkylation sites (N-methyl/N-ethyl adjacent to an activating group) is 1. The van der Waals surface area contributed by atoms with Crippen LogP contribution >= 0.6 is 15.9 Å². The highest BCUT2D eigenvalue weighted by Crippen LogP contribution is 2.34. The molecule has 19 heavy (non-hydrogen) atoms. The molecule has 1 unspecified atom stereocenters. The number of aryl methyl sites for hydroxylation is 1. The maximum atomic E-state index is 5.85. The van der Waals surface area contributed by atoms with Crippen LogP contribution in [-0.4, -0.2) is 33.3 Å². The Kier molecular flexibility index (Phi) is 5.98. The zero-order valence-electron chi connectivity index (χ0n) is 12.6. The van der Waals surface area contributed by atoms with E-state index < -0.39 is 0 Å². The van der Waals surface area contributed by atoms with E-state index in [-0.39, 0.29) is 11.6 Å². The van der Waals surface area contributed by atoms with Crippen molar-refractivity contribution in [3.63, 3.8) is 0 Å². The van der Waals surface area contributed by atoms with Gasteiger partial charge in [-0.3, -0.25) is 15.4 Å². The van der Waals surface area contributed by atoms with Crippen molar-refractivity contribution in [2.24, 2.45) is 5.84 Å². The van der Waals surface area contributed by atoms with Gasteiger partial charge in [-0.25, -0.2) is 5.43 Å². The molecule has 1 atom stereocenters. The Morgan fingerprint density at radius 1 is 1.42 bits per heavy atom. The van der Waals surface area contributed by atoms with Gasteiger partial charge in [-0.15, -0.1) is 0 Å². The summed E-state index contributed by atoms with van der Waals surface area (Å²) in [6.45, 7) is 13.7. The fraction of sp³-hybridized carbons (Fsp3) is 0.769. The SMILES string of the molecule is CCN(CC)C(C)(C)C(NN)c1c(Br)cnn1CC. The highest BCUT2D eigenvalue weighted by Gasteiger charge is 2.37. The molecule has 0 fully saturated rings. The highest BCUT2D eigenvalue weighted by atomic mass is 79.9. The second-order valence-corrected chi connectivity index (χ2v) is 5.97. The number of nitrogens with one attached hydrogen (secondary N) is 1. The zero-order valence-corrected chi connectivity index (χ0v) is 14.2. The quantitative estimate of drug-likeness (QED) is 0.594. The standard InChI is InChI=1S/C13H26BrN5/c1-6-18(7-2)13(4,5)12(17-15)11-10(14)9-16-19(11)8-3/h9,12,17H,6-8,15H2,1-5H3. The molecular weight excluding hydrogens is 306 g/mol. The van der Waals surface area contributed by atoms with E-state index in [0.717, 1.165) is 29.8 Å². The molecule has 0 aromatic carbocycles. The fourth-order valence-corrected chi connectivity index (χ4v) is 3.27. The van der Waals surface area contributed by atoms with E-state index in [2.05, 4.69) is 66.0 Å². The second kappa shape index (κ2) is 6.83. The fourth-order valence-electron chi connectivity index (χ4n) is 2.75. The highest BCUT2D eigenvalue weighted by molar-refractivity contribution is 9.10. The Morgan fingerprint density at radius 2 is 2.00 bits per heavy atom. The van der Waals surface area contributed by atoms with Crippen molar-refractivity contribution >= 4 is 15.9 Å². The van der Waals surface area contributed by atoms with Crippen LogP contribution in [0.4, 0.5) is 0 Å². The van der Waals surface area contributed by atoms with Gasteiger partial charge in [0, 0.05) is 12.1 Å². The molecule has 3 N–H and O–H groups in total. The molecule has 0 aliphatic heterocycles. The lowest BCUT2D eigenvalue weighted by molar-refractivity contribution is 0.0873. The molecule has 0 amide bonds. The van der Waals surface area contributed by atoms with Crippen LogP contribution in [0.3, 0.4) is 0 Å². The number of hydrazine groups is 1. The summed E-state index contributed by atoms with van der Waals surface area (Å²) in [5, 5.41) is 4.38. The van der Waals surface area contributed by atoms with E-state index in [4.69, 9.17) is 5.84 Å². The van der Waals surface area contributed by atoms with E-state index in [1.165, 1.54) is 0 Å². The second-order valence-electron chi connectivity index (χ2n) is 5.12.